The van der Waals surface area contributed by atoms with Crippen molar-refractivity contribution >= 4 is 50.9 Å². The summed E-state index contributed by atoms with van der Waals surface area (Å²) in [5, 5.41) is 4.44. The first-order valence-electron chi connectivity index (χ1n) is 10.9. The quantitative estimate of drug-likeness (QED) is 0.296. The lowest BCUT2D eigenvalue weighted by molar-refractivity contribution is 0.0904. The van der Waals surface area contributed by atoms with Crippen LogP contribution in [0, 0.1) is 0 Å². The number of aromatic nitrogens is 1. The average Bonchev–Trinajstić information content (AvgIpc) is 2.76. The van der Waals surface area contributed by atoms with Crippen LogP contribution >= 0.6 is 24.0 Å². The molecule has 32 heavy (non-hydrogen) atoms. The molecule has 178 valence electrons. The second kappa shape index (κ2) is 12.7. The predicted molar refractivity (Wildman–Crippen MR) is 140 cm³/mol. The molecule has 10 heteroatoms. The van der Waals surface area contributed by atoms with E-state index < -0.39 is 10.0 Å². The zero-order chi connectivity index (χ0) is 22.3. The number of hydrogen-bond donors (Lipinski definition) is 1. The Balaban J connectivity index is 0.00000363. The van der Waals surface area contributed by atoms with Crippen LogP contribution < -0.4 is 5.32 Å². The summed E-state index contributed by atoms with van der Waals surface area (Å²) in [6.07, 6.45) is 1.84. The minimum absolute atomic E-state index is 0. The molecule has 0 amide bonds. The summed E-state index contributed by atoms with van der Waals surface area (Å²) in [6, 6.07) is 10.1. The smallest absolute Gasteiger partial charge is 0.216 e. The van der Waals surface area contributed by atoms with Gasteiger partial charge in [-0.25, -0.2) is 13.4 Å². The molecule has 8 nitrogen and oxygen atoms in total. The summed E-state index contributed by atoms with van der Waals surface area (Å²) in [5.41, 5.74) is 2.08. The number of guanidine groups is 1. The highest BCUT2D eigenvalue weighted by molar-refractivity contribution is 14.0. The molecule has 2 heterocycles. The highest BCUT2D eigenvalue weighted by Gasteiger charge is 2.28. The third kappa shape index (κ3) is 7.26. The number of pyridine rings is 1. The summed E-state index contributed by atoms with van der Waals surface area (Å²) >= 11 is 0. The molecule has 0 atom stereocenters. The van der Waals surface area contributed by atoms with Crippen LogP contribution in [0.2, 0.25) is 0 Å². The molecule has 3 rings (SSSR count). The van der Waals surface area contributed by atoms with E-state index in [9.17, 15) is 8.42 Å². The number of halogens is 1. The molecule has 0 spiro atoms. The number of aliphatic imine (C=N–C) groups is 1. The van der Waals surface area contributed by atoms with Gasteiger partial charge >= 0.3 is 0 Å². The molecule has 1 aromatic carbocycles. The van der Waals surface area contributed by atoms with Crippen LogP contribution in [0.15, 0.2) is 41.5 Å². The van der Waals surface area contributed by atoms with Gasteiger partial charge in [-0.2, -0.15) is 4.31 Å². The summed E-state index contributed by atoms with van der Waals surface area (Å²) < 4.78 is 32.1. The number of para-hydroxylation sites is 1. The minimum Gasteiger partial charge on any atom is -0.378 e. The van der Waals surface area contributed by atoms with E-state index in [2.05, 4.69) is 21.3 Å². The highest BCUT2D eigenvalue weighted by atomic mass is 127. The van der Waals surface area contributed by atoms with Gasteiger partial charge in [-0.05, 0) is 38.5 Å². The highest BCUT2D eigenvalue weighted by Crippen LogP contribution is 2.17. The molecule has 0 bridgehead atoms. The van der Waals surface area contributed by atoms with Gasteiger partial charge in [0.25, 0.3) is 0 Å². The van der Waals surface area contributed by atoms with E-state index >= 15 is 0 Å². The number of rotatable bonds is 8. The number of nitrogens with zero attached hydrogens (tertiary/aromatic N) is 4. The fourth-order valence-electron chi connectivity index (χ4n) is 3.58. The van der Waals surface area contributed by atoms with Crippen LogP contribution in [-0.2, 0) is 21.3 Å². The van der Waals surface area contributed by atoms with Gasteiger partial charge in [0.15, 0.2) is 5.96 Å². The number of piperazine rings is 1. The number of benzene rings is 1. The van der Waals surface area contributed by atoms with Gasteiger partial charge < -0.3 is 15.0 Å². The SMILES string of the molecule is CCNC(=NCc1ccnc2ccccc12)N1CCN(S(=O)(=O)CCOC(C)C)CC1.I. The molecule has 1 saturated heterocycles. The third-order valence-corrected chi connectivity index (χ3v) is 7.03. The fraction of sp³-hybridized carbons (Fsp3) is 0.545. The molecule has 0 unspecified atom stereocenters. The van der Waals surface area contributed by atoms with Crippen LogP contribution in [0.5, 0.6) is 0 Å². The fourth-order valence-corrected chi connectivity index (χ4v) is 4.86. The molecule has 2 aromatic rings. The van der Waals surface area contributed by atoms with Crippen molar-refractivity contribution in [1.29, 1.82) is 0 Å². The lowest BCUT2D eigenvalue weighted by atomic mass is 10.1. The Morgan fingerprint density at radius 3 is 2.59 bits per heavy atom. The van der Waals surface area contributed by atoms with Gasteiger partial charge in [0, 0.05) is 44.3 Å². The Labute approximate surface area is 208 Å². The second-order valence-corrected chi connectivity index (χ2v) is 9.87. The average molecular weight is 576 g/mol. The molecule has 1 aliphatic rings. The van der Waals surface area contributed by atoms with Crippen LogP contribution in [0.4, 0.5) is 0 Å². The van der Waals surface area contributed by atoms with Crippen LogP contribution in [0.1, 0.15) is 26.3 Å². The maximum atomic E-state index is 12.6. The summed E-state index contributed by atoms with van der Waals surface area (Å²) in [6.45, 7) is 9.47. The van der Waals surface area contributed by atoms with E-state index in [1.165, 1.54) is 0 Å². The zero-order valence-electron chi connectivity index (χ0n) is 19.0. The Morgan fingerprint density at radius 2 is 1.91 bits per heavy atom. The van der Waals surface area contributed by atoms with Gasteiger partial charge in [-0.3, -0.25) is 4.98 Å². The van der Waals surface area contributed by atoms with Crippen LogP contribution in [0.25, 0.3) is 10.9 Å². The third-order valence-electron chi connectivity index (χ3n) is 5.20. The van der Waals surface area contributed by atoms with E-state index in [0.717, 1.165) is 29.0 Å². The van der Waals surface area contributed by atoms with Crippen molar-refractivity contribution < 1.29 is 13.2 Å². The number of hydrogen-bond acceptors (Lipinski definition) is 5. The monoisotopic (exact) mass is 575 g/mol. The lowest BCUT2D eigenvalue weighted by Crippen LogP contribution is -2.54. The number of fused-ring (bicyclic) bond motifs is 1. The van der Waals surface area contributed by atoms with Crippen molar-refractivity contribution in [2.45, 2.75) is 33.4 Å². The van der Waals surface area contributed by atoms with Crippen molar-refractivity contribution in [3.05, 3.63) is 42.1 Å². The first-order valence-corrected chi connectivity index (χ1v) is 12.5. The standard InChI is InChI=1S/C22H33N5O3S.HI/c1-4-23-22(25-17-19-9-10-24-21-8-6-5-7-20(19)21)26-11-13-27(14-12-26)31(28,29)16-15-30-18(2)3;/h5-10,18H,4,11-17H2,1-3H3,(H,23,25);1H. The summed E-state index contributed by atoms with van der Waals surface area (Å²) in [7, 11) is -3.31. The predicted octanol–water partition coefficient (Wildman–Crippen LogP) is 2.69. The number of nitrogens with one attached hydrogen (secondary N) is 1. The maximum Gasteiger partial charge on any atom is 0.216 e. The summed E-state index contributed by atoms with van der Waals surface area (Å²) in [5.74, 6) is 0.831. The van der Waals surface area contributed by atoms with Crippen molar-refractivity contribution in [3.63, 3.8) is 0 Å². The Morgan fingerprint density at radius 1 is 1.19 bits per heavy atom. The maximum absolute atomic E-state index is 12.6. The zero-order valence-corrected chi connectivity index (χ0v) is 22.2. The van der Waals surface area contributed by atoms with Crippen molar-refractivity contribution in [1.82, 2.24) is 19.5 Å². The molecule has 1 aliphatic heterocycles. The van der Waals surface area contributed by atoms with Gasteiger partial charge in [-0.15, -0.1) is 24.0 Å². The van der Waals surface area contributed by atoms with Gasteiger partial charge in [0.2, 0.25) is 10.0 Å². The molecule has 1 fully saturated rings. The Kier molecular flexibility index (Phi) is 10.6. The van der Waals surface area contributed by atoms with E-state index in [1.807, 2.05) is 51.2 Å². The topological polar surface area (TPSA) is 87.1 Å². The van der Waals surface area contributed by atoms with E-state index in [4.69, 9.17) is 9.73 Å². The minimum atomic E-state index is -3.31. The molecular formula is C22H34IN5O3S. The lowest BCUT2D eigenvalue weighted by Gasteiger charge is -2.36. The van der Waals surface area contributed by atoms with E-state index in [1.54, 1.807) is 4.31 Å². The molecule has 0 radical (unpaired) electrons. The van der Waals surface area contributed by atoms with Gasteiger partial charge in [0.1, 0.15) is 0 Å². The molecule has 0 aliphatic carbocycles. The number of ether oxygens (including phenoxy) is 1. The van der Waals surface area contributed by atoms with Crippen molar-refractivity contribution in [2.75, 3.05) is 45.1 Å². The van der Waals surface area contributed by atoms with Gasteiger partial charge in [-0.1, -0.05) is 18.2 Å². The number of sulfonamides is 1. The Hall–Kier alpha value is -1.50. The Bertz CT molecular complexity index is 987. The van der Waals surface area contributed by atoms with Crippen LogP contribution in [0.3, 0.4) is 0 Å². The molecule has 0 saturated carbocycles. The van der Waals surface area contributed by atoms with Gasteiger partial charge in [0.05, 0.1) is 30.5 Å². The van der Waals surface area contributed by atoms with Crippen molar-refractivity contribution in [2.24, 2.45) is 4.99 Å². The largest absolute Gasteiger partial charge is 0.378 e. The van der Waals surface area contributed by atoms with Crippen molar-refractivity contribution in [3.8, 4) is 0 Å². The summed E-state index contributed by atoms with van der Waals surface area (Å²) in [4.78, 5) is 11.4. The van der Waals surface area contributed by atoms with E-state index in [-0.39, 0.29) is 42.4 Å². The molecule has 1 aromatic heterocycles. The first-order chi connectivity index (χ1) is 14.9. The molecular weight excluding hydrogens is 541 g/mol. The molecule has 1 N–H and O–H groups in total. The second-order valence-electron chi connectivity index (χ2n) is 7.78. The van der Waals surface area contributed by atoms with E-state index in [0.29, 0.717) is 32.7 Å². The normalized spacial score (nSPS) is 15.8. The first kappa shape index (κ1) is 26.7. The van der Waals surface area contributed by atoms with Crippen LogP contribution in [-0.4, -0.2) is 79.8 Å².